The van der Waals surface area contributed by atoms with Gasteiger partial charge in [0.2, 0.25) is 0 Å². The van der Waals surface area contributed by atoms with E-state index in [0.717, 1.165) is 18.3 Å². The van der Waals surface area contributed by atoms with Gasteiger partial charge >= 0.3 is 17.9 Å². The molecule has 6 bridgehead atoms. The molecule has 0 radical (unpaired) electrons. The van der Waals surface area contributed by atoms with Gasteiger partial charge in [0.15, 0.2) is 12.2 Å². The molecule has 7 heteroatoms. The summed E-state index contributed by atoms with van der Waals surface area (Å²) in [6.45, 7) is 14.0. The second kappa shape index (κ2) is 9.24. The number of hydrogen-bond acceptors (Lipinski definition) is 7. The number of carbonyl (C=O) groups is 3. The quantitative estimate of drug-likeness (QED) is 0.351. The Kier molecular flexibility index (Phi) is 6.73. The summed E-state index contributed by atoms with van der Waals surface area (Å²) in [5.74, 6) is 2.52. The summed E-state index contributed by atoms with van der Waals surface area (Å²) in [7, 11) is 0. The summed E-state index contributed by atoms with van der Waals surface area (Å²) in [4.78, 5) is 36.1. The molecule has 0 amide bonds. The summed E-state index contributed by atoms with van der Waals surface area (Å²) in [6, 6.07) is 0. The Labute approximate surface area is 221 Å². The van der Waals surface area contributed by atoms with Crippen molar-refractivity contribution in [3.05, 3.63) is 0 Å². The van der Waals surface area contributed by atoms with E-state index in [9.17, 15) is 14.4 Å². The lowest BCUT2D eigenvalue weighted by atomic mass is 9.50. The van der Waals surface area contributed by atoms with E-state index in [-0.39, 0.29) is 47.0 Å². The minimum atomic E-state index is -0.510. The predicted octanol–water partition coefficient (Wildman–Crippen LogP) is 5.23. The normalized spacial score (nSPS) is 42.8. The number of fused-ring (bicyclic) bond motifs is 1. The highest BCUT2D eigenvalue weighted by atomic mass is 16.7. The largest absolute Gasteiger partial charge is 0.458 e. The van der Waals surface area contributed by atoms with Gasteiger partial charge in [0.25, 0.3) is 0 Å². The average molecular weight is 519 g/mol. The van der Waals surface area contributed by atoms with Crippen LogP contribution in [-0.2, 0) is 33.3 Å². The maximum absolute atomic E-state index is 12.5. The van der Waals surface area contributed by atoms with Crippen molar-refractivity contribution in [3.63, 3.8) is 0 Å². The molecule has 4 aliphatic carbocycles. The Morgan fingerprint density at radius 1 is 0.865 bits per heavy atom. The van der Waals surface area contributed by atoms with Crippen LogP contribution in [-0.4, -0.2) is 47.9 Å². The van der Waals surface area contributed by atoms with Crippen LogP contribution in [0.15, 0.2) is 0 Å². The second-order valence-corrected chi connectivity index (χ2v) is 14.1. The number of esters is 3. The van der Waals surface area contributed by atoms with Crippen molar-refractivity contribution in [1.29, 1.82) is 0 Å². The molecule has 0 N–H and O–H groups in total. The molecule has 0 aromatic rings. The SMILES string of the molecule is CCC(C)(C)C(=O)OC1(C)C2CC3CC(C2)CC1C3.CCC(C)(C)C(=O)OC1C2CC3C(=O)OC1C3O2. The zero-order chi connectivity index (χ0) is 26.9. The molecule has 37 heavy (non-hydrogen) atoms. The van der Waals surface area contributed by atoms with Crippen LogP contribution in [0.1, 0.15) is 99.8 Å². The summed E-state index contributed by atoms with van der Waals surface area (Å²) in [5, 5.41) is 0. The Morgan fingerprint density at radius 2 is 1.41 bits per heavy atom. The molecule has 3 heterocycles. The van der Waals surface area contributed by atoms with Gasteiger partial charge < -0.3 is 18.9 Å². The van der Waals surface area contributed by atoms with Gasteiger partial charge in [-0.2, -0.15) is 0 Å². The number of rotatable bonds is 6. The molecule has 5 unspecified atom stereocenters. The third-order valence-electron chi connectivity index (χ3n) is 11.0. The van der Waals surface area contributed by atoms with Gasteiger partial charge in [-0.05, 0) is 110 Å². The van der Waals surface area contributed by atoms with Gasteiger partial charge in [-0.25, -0.2) is 0 Å². The van der Waals surface area contributed by atoms with Crippen molar-refractivity contribution in [2.24, 2.45) is 40.4 Å². The van der Waals surface area contributed by atoms with Crippen LogP contribution in [0.2, 0.25) is 0 Å². The molecule has 3 saturated heterocycles. The Morgan fingerprint density at radius 3 is 1.95 bits per heavy atom. The van der Waals surface area contributed by atoms with Crippen molar-refractivity contribution >= 4 is 17.9 Å². The molecule has 3 aliphatic heterocycles. The van der Waals surface area contributed by atoms with E-state index in [1.165, 1.54) is 32.1 Å². The first-order valence-corrected chi connectivity index (χ1v) is 14.6. The summed E-state index contributed by atoms with van der Waals surface area (Å²) >= 11 is 0. The van der Waals surface area contributed by atoms with Gasteiger partial charge in [0.05, 0.1) is 22.9 Å². The molecule has 7 fully saturated rings. The summed E-state index contributed by atoms with van der Waals surface area (Å²) < 4.78 is 22.6. The van der Waals surface area contributed by atoms with Crippen LogP contribution in [0.3, 0.4) is 0 Å². The smallest absolute Gasteiger partial charge is 0.312 e. The number of carbonyl (C=O) groups excluding carboxylic acids is 3. The van der Waals surface area contributed by atoms with Crippen LogP contribution < -0.4 is 0 Å². The first-order valence-electron chi connectivity index (χ1n) is 14.6. The van der Waals surface area contributed by atoms with Gasteiger partial charge in [-0.15, -0.1) is 0 Å². The van der Waals surface area contributed by atoms with E-state index in [1.54, 1.807) is 0 Å². The molecule has 0 aromatic carbocycles. The third-order valence-corrected chi connectivity index (χ3v) is 11.0. The van der Waals surface area contributed by atoms with Crippen LogP contribution in [0.25, 0.3) is 0 Å². The van der Waals surface area contributed by atoms with Crippen molar-refractivity contribution < 1.29 is 33.3 Å². The van der Waals surface area contributed by atoms with E-state index < -0.39 is 17.6 Å². The van der Waals surface area contributed by atoms with Crippen LogP contribution in [0, 0.1) is 40.4 Å². The Hall–Kier alpha value is -1.63. The van der Waals surface area contributed by atoms with Gasteiger partial charge in [0, 0.05) is 0 Å². The molecule has 208 valence electrons. The van der Waals surface area contributed by atoms with Crippen LogP contribution in [0.4, 0.5) is 0 Å². The standard InChI is InChI=1S/C17H28O2.C13H18O5/c1-5-16(2,3)15(18)19-17(4)13-7-11-6-12(9-13)10-14(17)8-11;1-4-13(2,3)12(15)18-9-7-5-6-8(16-7)10(9)17-11(6)14/h11-14H,5-10H2,1-4H3;6-10H,4-5H2,1-3H3. The van der Waals surface area contributed by atoms with Crippen molar-refractivity contribution in [2.45, 2.75) is 130 Å². The fourth-order valence-corrected chi connectivity index (χ4v) is 7.58. The first kappa shape index (κ1) is 27.0. The average Bonchev–Trinajstić information content (AvgIpc) is 3.48. The molecular weight excluding hydrogens is 472 g/mol. The maximum Gasteiger partial charge on any atom is 0.312 e. The lowest BCUT2D eigenvalue weighted by molar-refractivity contribution is -0.211. The summed E-state index contributed by atoms with van der Waals surface area (Å²) in [5.41, 5.74) is -1.02. The zero-order valence-electron chi connectivity index (χ0n) is 23.7. The molecule has 7 rings (SSSR count). The monoisotopic (exact) mass is 518 g/mol. The van der Waals surface area contributed by atoms with Crippen molar-refractivity contribution in [2.75, 3.05) is 0 Å². The number of hydrogen-bond donors (Lipinski definition) is 0. The fourth-order valence-electron chi connectivity index (χ4n) is 7.58. The maximum atomic E-state index is 12.5. The van der Waals surface area contributed by atoms with Crippen LogP contribution >= 0.6 is 0 Å². The summed E-state index contributed by atoms with van der Waals surface area (Å²) in [6.07, 6.45) is 7.61. The highest BCUT2D eigenvalue weighted by Crippen LogP contribution is 2.59. The van der Waals surface area contributed by atoms with Crippen molar-refractivity contribution in [3.8, 4) is 0 Å². The van der Waals surface area contributed by atoms with E-state index in [4.69, 9.17) is 18.9 Å². The molecule has 4 saturated carbocycles. The minimum Gasteiger partial charge on any atom is -0.458 e. The highest BCUT2D eigenvalue weighted by Gasteiger charge is 2.65. The van der Waals surface area contributed by atoms with Gasteiger partial charge in [0.1, 0.15) is 11.7 Å². The Bertz CT molecular complexity index is 908. The molecular formula is C30H46O7. The van der Waals surface area contributed by atoms with E-state index in [2.05, 4.69) is 13.8 Å². The van der Waals surface area contributed by atoms with E-state index in [1.807, 2.05) is 34.6 Å². The molecule has 7 nitrogen and oxygen atoms in total. The Balaban J connectivity index is 0.000000152. The molecule has 0 aromatic heterocycles. The van der Waals surface area contributed by atoms with Crippen LogP contribution in [0.5, 0.6) is 0 Å². The lowest BCUT2D eigenvalue weighted by Crippen LogP contribution is -2.58. The topological polar surface area (TPSA) is 88.1 Å². The highest BCUT2D eigenvalue weighted by molar-refractivity contribution is 5.79. The first-order chi connectivity index (χ1) is 17.3. The fraction of sp³-hybridized carbons (Fsp3) is 0.900. The predicted molar refractivity (Wildman–Crippen MR) is 136 cm³/mol. The molecule has 5 atom stereocenters. The zero-order valence-corrected chi connectivity index (χ0v) is 23.7. The van der Waals surface area contributed by atoms with Crippen molar-refractivity contribution in [1.82, 2.24) is 0 Å². The van der Waals surface area contributed by atoms with Gasteiger partial charge in [-0.1, -0.05) is 13.8 Å². The second-order valence-electron chi connectivity index (χ2n) is 14.1. The third kappa shape index (κ3) is 4.51. The molecule has 0 spiro atoms. The molecule has 7 aliphatic rings. The lowest BCUT2D eigenvalue weighted by Gasteiger charge is -2.59. The minimum absolute atomic E-state index is 0.0185. The van der Waals surface area contributed by atoms with Gasteiger partial charge in [-0.3, -0.25) is 14.4 Å². The van der Waals surface area contributed by atoms with E-state index in [0.29, 0.717) is 24.7 Å². The van der Waals surface area contributed by atoms with E-state index >= 15 is 0 Å². The number of ether oxygens (including phenoxy) is 4.